The normalized spacial score (nSPS) is 23.0. The van der Waals surface area contributed by atoms with Gasteiger partial charge in [-0.3, -0.25) is 9.69 Å². The quantitative estimate of drug-likeness (QED) is 0.823. The molecular formula is C18H25NO2. The number of hydrogen-bond donors (Lipinski definition) is 0. The zero-order valence-corrected chi connectivity index (χ0v) is 13.1. The van der Waals surface area contributed by atoms with E-state index in [9.17, 15) is 4.79 Å². The minimum absolute atomic E-state index is 0.0826. The van der Waals surface area contributed by atoms with Crippen molar-refractivity contribution in [1.82, 2.24) is 0 Å². The minimum Gasteiger partial charge on any atom is -0.355 e. The number of fused-ring (bicyclic) bond motifs is 1. The van der Waals surface area contributed by atoms with Gasteiger partial charge in [-0.2, -0.15) is 0 Å². The van der Waals surface area contributed by atoms with Gasteiger partial charge in [0.25, 0.3) is 0 Å². The van der Waals surface area contributed by atoms with Gasteiger partial charge in [-0.15, -0.1) is 0 Å². The van der Waals surface area contributed by atoms with Gasteiger partial charge in [-0.25, -0.2) is 0 Å². The Morgan fingerprint density at radius 2 is 1.95 bits per heavy atom. The molecule has 114 valence electrons. The van der Waals surface area contributed by atoms with E-state index < -0.39 is 0 Å². The molecule has 1 fully saturated rings. The molecule has 1 atom stereocenters. The summed E-state index contributed by atoms with van der Waals surface area (Å²) in [4.78, 5) is 14.0. The van der Waals surface area contributed by atoms with E-state index in [0.717, 1.165) is 31.4 Å². The molecule has 3 rings (SSSR count). The lowest BCUT2D eigenvalue weighted by molar-refractivity contribution is -0.121. The van der Waals surface area contributed by atoms with Gasteiger partial charge in [0.15, 0.2) is 0 Å². The molecule has 1 aliphatic carbocycles. The molecular weight excluding hydrogens is 262 g/mol. The average molecular weight is 287 g/mol. The van der Waals surface area contributed by atoms with E-state index in [-0.39, 0.29) is 12.1 Å². The third-order valence-corrected chi connectivity index (χ3v) is 4.68. The number of nitrogens with zero attached hydrogens (tertiary/aromatic N) is 1. The van der Waals surface area contributed by atoms with Gasteiger partial charge in [0.2, 0.25) is 5.91 Å². The fourth-order valence-electron chi connectivity index (χ4n) is 3.64. The number of benzene rings is 1. The van der Waals surface area contributed by atoms with Crippen LogP contribution in [-0.2, 0) is 16.0 Å². The Morgan fingerprint density at radius 3 is 2.67 bits per heavy atom. The summed E-state index contributed by atoms with van der Waals surface area (Å²) in [6, 6.07) is 6.35. The maximum atomic E-state index is 12.1. The topological polar surface area (TPSA) is 29.5 Å². The number of aryl methyl sites for hydroxylation is 2. The summed E-state index contributed by atoms with van der Waals surface area (Å²) in [5.41, 5.74) is 3.57. The van der Waals surface area contributed by atoms with Gasteiger partial charge in [0.1, 0.15) is 6.23 Å². The number of ether oxygens (including phenoxy) is 1. The molecule has 1 heterocycles. The zero-order chi connectivity index (χ0) is 14.8. The molecule has 1 saturated carbocycles. The van der Waals surface area contributed by atoms with Crippen molar-refractivity contribution in [1.29, 1.82) is 0 Å². The standard InChI is InChI=1S/C18H25NO2/c1-13-8-10-17-15(12-13)9-11-18(19(17)14(2)20)21-16-6-4-3-5-7-16/h8,10,12,16,18H,3-7,9,11H2,1-2H3. The molecule has 0 N–H and O–H groups in total. The van der Waals surface area contributed by atoms with Crippen LogP contribution < -0.4 is 4.90 Å². The van der Waals surface area contributed by atoms with Gasteiger partial charge >= 0.3 is 0 Å². The van der Waals surface area contributed by atoms with Crippen molar-refractivity contribution in [3.8, 4) is 0 Å². The maximum absolute atomic E-state index is 12.1. The number of anilines is 1. The Labute approximate surface area is 127 Å². The molecule has 3 nitrogen and oxygen atoms in total. The van der Waals surface area contributed by atoms with Gasteiger partial charge in [0.05, 0.1) is 6.10 Å². The molecule has 1 aromatic carbocycles. The molecule has 0 aromatic heterocycles. The first-order valence-corrected chi connectivity index (χ1v) is 8.20. The van der Waals surface area contributed by atoms with Crippen molar-refractivity contribution in [2.45, 2.75) is 71.1 Å². The largest absolute Gasteiger partial charge is 0.355 e. The number of rotatable bonds is 2. The molecule has 21 heavy (non-hydrogen) atoms. The van der Waals surface area contributed by atoms with Crippen LogP contribution in [0.1, 0.15) is 56.6 Å². The van der Waals surface area contributed by atoms with Crippen molar-refractivity contribution in [3.63, 3.8) is 0 Å². The van der Waals surface area contributed by atoms with E-state index in [1.807, 2.05) is 4.90 Å². The Hall–Kier alpha value is -1.35. The lowest BCUT2D eigenvalue weighted by Crippen LogP contribution is -2.46. The highest BCUT2D eigenvalue weighted by molar-refractivity contribution is 5.93. The van der Waals surface area contributed by atoms with E-state index in [4.69, 9.17) is 4.74 Å². The first-order valence-electron chi connectivity index (χ1n) is 8.20. The molecule has 1 amide bonds. The molecule has 3 heteroatoms. The summed E-state index contributed by atoms with van der Waals surface area (Å²) in [7, 11) is 0. The second-order valence-corrected chi connectivity index (χ2v) is 6.41. The average Bonchev–Trinajstić information content (AvgIpc) is 2.48. The lowest BCUT2D eigenvalue weighted by Gasteiger charge is -2.39. The summed E-state index contributed by atoms with van der Waals surface area (Å²) in [5.74, 6) is 0.0839. The zero-order valence-electron chi connectivity index (χ0n) is 13.1. The maximum Gasteiger partial charge on any atom is 0.225 e. The SMILES string of the molecule is CC(=O)N1c2ccc(C)cc2CCC1OC1CCCCC1. The first kappa shape index (κ1) is 14.6. The second-order valence-electron chi connectivity index (χ2n) is 6.41. The lowest BCUT2D eigenvalue weighted by atomic mass is 9.96. The van der Waals surface area contributed by atoms with E-state index >= 15 is 0 Å². The van der Waals surface area contributed by atoms with E-state index in [0.29, 0.717) is 6.10 Å². The van der Waals surface area contributed by atoms with Crippen LogP contribution in [0.15, 0.2) is 18.2 Å². The Bertz CT molecular complexity index is 520. The van der Waals surface area contributed by atoms with Gasteiger partial charge in [0, 0.05) is 12.6 Å². The van der Waals surface area contributed by atoms with Crippen LogP contribution in [0.4, 0.5) is 5.69 Å². The molecule has 2 aliphatic rings. The van der Waals surface area contributed by atoms with E-state index in [1.165, 1.54) is 30.4 Å². The van der Waals surface area contributed by atoms with Crippen molar-refractivity contribution in [3.05, 3.63) is 29.3 Å². The summed E-state index contributed by atoms with van der Waals surface area (Å²) < 4.78 is 6.30. The second kappa shape index (κ2) is 6.18. The van der Waals surface area contributed by atoms with Crippen LogP contribution in [0.25, 0.3) is 0 Å². The van der Waals surface area contributed by atoms with Crippen LogP contribution in [-0.4, -0.2) is 18.2 Å². The van der Waals surface area contributed by atoms with Crippen LogP contribution in [0, 0.1) is 6.92 Å². The van der Waals surface area contributed by atoms with Crippen LogP contribution in [0.3, 0.4) is 0 Å². The van der Waals surface area contributed by atoms with Crippen LogP contribution >= 0.6 is 0 Å². The van der Waals surface area contributed by atoms with Crippen molar-refractivity contribution in [2.24, 2.45) is 0 Å². The molecule has 1 aromatic rings. The molecule has 1 unspecified atom stereocenters. The summed E-state index contributed by atoms with van der Waals surface area (Å²) in [6.07, 6.45) is 8.28. The summed E-state index contributed by atoms with van der Waals surface area (Å²) in [6.45, 7) is 3.75. The Morgan fingerprint density at radius 1 is 1.19 bits per heavy atom. The summed E-state index contributed by atoms with van der Waals surface area (Å²) >= 11 is 0. The minimum atomic E-state index is -0.0826. The predicted octanol–water partition coefficient (Wildman–Crippen LogP) is 3.97. The molecule has 1 aliphatic heterocycles. The number of carbonyl (C=O) groups excluding carboxylic acids is 1. The highest BCUT2D eigenvalue weighted by Gasteiger charge is 2.32. The fraction of sp³-hybridized carbons (Fsp3) is 0.611. The molecule has 0 bridgehead atoms. The highest BCUT2D eigenvalue weighted by atomic mass is 16.5. The van der Waals surface area contributed by atoms with E-state index in [1.54, 1.807) is 6.92 Å². The summed E-state index contributed by atoms with van der Waals surface area (Å²) in [5, 5.41) is 0. The fourth-order valence-corrected chi connectivity index (χ4v) is 3.64. The van der Waals surface area contributed by atoms with Crippen molar-refractivity contribution >= 4 is 11.6 Å². The monoisotopic (exact) mass is 287 g/mol. The number of carbonyl (C=O) groups is 1. The van der Waals surface area contributed by atoms with Gasteiger partial charge < -0.3 is 4.74 Å². The van der Waals surface area contributed by atoms with Crippen LogP contribution in [0.2, 0.25) is 0 Å². The van der Waals surface area contributed by atoms with Crippen molar-refractivity contribution < 1.29 is 9.53 Å². The third kappa shape index (κ3) is 3.13. The van der Waals surface area contributed by atoms with Crippen LogP contribution in [0.5, 0.6) is 0 Å². The molecule has 0 radical (unpaired) electrons. The Kier molecular flexibility index (Phi) is 4.29. The van der Waals surface area contributed by atoms with Crippen molar-refractivity contribution in [2.75, 3.05) is 4.90 Å². The third-order valence-electron chi connectivity index (χ3n) is 4.68. The predicted molar refractivity (Wildman–Crippen MR) is 84.4 cm³/mol. The van der Waals surface area contributed by atoms with E-state index in [2.05, 4.69) is 25.1 Å². The first-order chi connectivity index (χ1) is 10.1. The smallest absolute Gasteiger partial charge is 0.225 e. The highest BCUT2D eigenvalue weighted by Crippen LogP contribution is 2.34. The molecule has 0 saturated heterocycles. The van der Waals surface area contributed by atoms with Gasteiger partial charge in [-0.1, -0.05) is 37.0 Å². The number of hydrogen-bond acceptors (Lipinski definition) is 2. The molecule has 0 spiro atoms. The van der Waals surface area contributed by atoms with Gasteiger partial charge in [-0.05, 0) is 44.2 Å². The Balaban J connectivity index is 1.81. The number of amides is 1.